The molecule has 0 spiro atoms. The van der Waals surface area contributed by atoms with E-state index in [9.17, 15) is 14.7 Å². The van der Waals surface area contributed by atoms with Crippen molar-refractivity contribution in [1.29, 1.82) is 0 Å². The van der Waals surface area contributed by atoms with Crippen LogP contribution in [-0.4, -0.2) is 22.8 Å². The van der Waals surface area contributed by atoms with Gasteiger partial charge in [-0.3, -0.25) is 9.59 Å². The van der Waals surface area contributed by atoms with Crippen molar-refractivity contribution >= 4 is 11.6 Å². The highest BCUT2D eigenvalue weighted by Gasteiger charge is 2.63. The minimum atomic E-state index is -0.169. The Balaban J connectivity index is 1.68. The van der Waals surface area contributed by atoms with Gasteiger partial charge in [-0.05, 0) is 80.5 Å². The van der Waals surface area contributed by atoms with Gasteiger partial charge in [0.2, 0.25) is 0 Å². The summed E-state index contributed by atoms with van der Waals surface area (Å²) >= 11 is 0. The molecule has 0 bridgehead atoms. The maximum atomic E-state index is 13.3. The van der Waals surface area contributed by atoms with E-state index in [-0.39, 0.29) is 34.6 Å². The van der Waals surface area contributed by atoms with E-state index in [0.29, 0.717) is 30.0 Å². The summed E-state index contributed by atoms with van der Waals surface area (Å²) in [5.74, 6) is 2.48. The maximum Gasteiger partial charge on any atom is 0.137 e. The van der Waals surface area contributed by atoms with E-state index in [1.165, 1.54) is 0 Å². The SMILES string of the molecule is CC(=O)[C@H]1CC[C@@H]2[C@@H]3CC[C@H]4C[C@H](O)CC[C@]4(C)[C@@H]3C(=O)C[C@]12C. The van der Waals surface area contributed by atoms with Crippen LogP contribution >= 0.6 is 0 Å². The molecule has 1 N–H and O–H groups in total. The second-order valence-corrected chi connectivity index (χ2v) is 9.85. The third-order valence-corrected chi connectivity index (χ3v) is 8.81. The molecule has 24 heavy (non-hydrogen) atoms. The Morgan fingerprint density at radius 2 is 1.83 bits per heavy atom. The van der Waals surface area contributed by atoms with Crippen LogP contribution in [0, 0.1) is 40.4 Å². The predicted octanol–water partition coefficient (Wildman–Crippen LogP) is 3.77. The van der Waals surface area contributed by atoms with Gasteiger partial charge >= 0.3 is 0 Å². The number of ketones is 2. The van der Waals surface area contributed by atoms with Gasteiger partial charge in [0.1, 0.15) is 11.6 Å². The van der Waals surface area contributed by atoms with E-state index >= 15 is 0 Å². The molecule has 0 aromatic rings. The van der Waals surface area contributed by atoms with Crippen LogP contribution in [0.15, 0.2) is 0 Å². The van der Waals surface area contributed by atoms with Crippen molar-refractivity contribution in [1.82, 2.24) is 0 Å². The van der Waals surface area contributed by atoms with Crippen LogP contribution in [0.25, 0.3) is 0 Å². The summed E-state index contributed by atoms with van der Waals surface area (Å²) in [6, 6.07) is 0. The molecule has 0 saturated heterocycles. The van der Waals surface area contributed by atoms with E-state index in [4.69, 9.17) is 0 Å². The highest BCUT2D eigenvalue weighted by molar-refractivity contribution is 5.87. The maximum absolute atomic E-state index is 13.3. The van der Waals surface area contributed by atoms with Gasteiger partial charge in [0.05, 0.1) is 6.10 Å². The van der Waals surface area contributed by atoms with E-state index in [1.807, 2.05) is 0 Å². The quantitative estimate of drug-likeness (QED) is 0.795. The summed E-state index contributed by atoms with van der Waals surface area (Å²) in [7, 11) is 0. The molecule has 4 rings (SSSR count). The van der Waals surface area contributed by atoms with E-state index < -0.39 is 0 Å². The molecule has 0 aromatic heterocycles. The molecule has 0 heterocycles. The fourth-order valence-electron chi connectivity index (χ4n) is 7.72. The fraction of sp³-hybridized carbons (Fsp3) is 0.905. The van der Waals surface area contributed by atoms with Crippen LogP contribution in [0.2, 0.25) is 0 Å². The molecule has 3 heteroatoms. The lowest BCUT2D eigenvalue weighted by Crippen LogP contribution is -2.58. The Morgan fingerprint density at radius 1 is 1.08 bits per heavy atom. The Bertz CT molecular complexity index is 569. The second-order valence-electron chi connectivity index (χ2n) is 9.85. The summed E-state index contributed by atoms with van der Waals surface area (Å²) < 4.78 is 0. The number of aliphatic hydroxyl groups excluding tert-OH is 1. The molecule has 0 aliphatic heterocycles. The molecule has 0 radical (unpaired) electrons. The molecule has 4 aliphatic carbocycles. The zero-order chi connectivity index (χ0) is 17.3. The highest BCUT2D eigenvalue weighted by Crippen LogP contribution is 2.66. The molecule has 8 atom stereocenters. The standard InChI is InChI=1S/C21H32O3/c1-12(22)16-6-7-17-15-5-4-13-10-14(23)8-9-20(13,2)19(15)18(24)11-21(16,17)3/h13-17,19,23H,4-11H2,1-3H3/t13-,14+,15-,16+,17+,19-,20-,21+/m0/s1. The number of carbonyl (C=O) groups is 2. The summed E-state index contributed by atoms with van der Waals surface area (Å²) in [6.07, 6.45) is 7.53. The first kappa shape index (κ1) is 16.8. The molecule has 0 amide bonds. The third-order valence-electron chi connectivity index (χ3n) is 8.81. The second kappa shape index (κ2) is 5.40. The van der Waals surface area contributed by atoms with Gasteiger partial charge in [0.25, 0.3) is 0 Å². The zero-order valence-electron chi connectivity index (χ0n) is 15.4. The van der Waals surface area contributed by atoms with Crippen molar-refractivity contribution in [3.63, 3.8) is 0 Å². The Kier molecular flexibility index (Phi) is 3.77. The van der Waals surface area contributed by atoms with Crippen LogP contribution in [0.1, 0.15) is 72.1 Å². The first-order valence-corrected chi connectivity index (χ1v) is 9.98. The van der Waals surface area contributed by atoms with Crippen molar-refractivity contribution in [3.05, 3.63) is 0 Å². The van der Waals surface area contributed by atoms with Crippen molar-refractivity contribution < 1.29 is 14.7 Å². The predicted molar refractivity (Wildman–Crippen MR) is 92.3 cm³/mol. The van der Waals surface area contributed by atoms with Gasteiger partial charge in [0.15, 0.2) is 0 Å². The number of hydrogen-bond acceptors (Lipinski definition) is 3. The van der Waals surface area contributed by atoms with E-state index in [0.717, 1.165) is 44.9 Å². The number of aliphatic hydroxyl groups is 1. The minimum absolute atomic E-state index is 0.0782. The van der Waals surface area contributed by atoms with Crippen LogP contribution in [0.3, 0.4) is 0 Å². The molecule has 4 aliphatic rings. The Morgan fingerprint density at radius 3 is 2.54 bits per heavy atom. The van der Waals surface area contributed by atoms with Gasteiger partial charge in [-0.2, -0.15) is 0 Å². The number of rotatable bonds is 1. The molecule has 4 saturated carbocycles. The van der Waals surface area contributed by atoms with Crippen molar-refractivity contribution in [2.24, 2.45) is 40.4 Å². The van der Waals surface area contributed by atoms with Crippen molar-refractivity contribution in [2.45, 2.75) is 78.2 Å². The summed E-state index contributed by atoms with van der Waals surface area (Å²) in [6.45, 7) is 6.28. The molecule has 3 nitrogen and oxygen atoms in total. The molecular formula is C21H32O3. The normalized spacial score (nSPS) is 53.9. The molecule has 134 valence electrons. The van der Waals surface area contributed by atoms with Gasteiger partial charge in [-0.1, -0.05) is 13.8 Å². The summed E-state index contributed by atoms with van der Waals surface area (Å²) in [5.41, 5.74) is -0.0175. The lowest BCUT2D eigenvalue weighted by atomic mass is 9.44. The van der Waals surface area contributed by atoms with E-state index in [2.05, 4.69) is 13.8 Å². The Labute approximate surface area is 145 Å². The largest absolute Gasteiger partial charge is 0.393 e. The van der Waals surface area contributed by atoms with Crippen LogP contribution < -0.4 is 0 Å². The van der Waals surface area contributed by atoms with Gasteiger partial charge in [-0.25, -0.2) is 0 Å². The molecule has 0 unspecified atom stereocenters. The first-order valence-electron chi connectivity index (χ1n) is 9.98. The molecular weight excluding hydrogens is 300 g/mol. The van der Waals surface area contributed by atoms with Gasteiger partial charge in [0, 0.05) is 18.3 Å². The lowest BCUT2D eigenvalue weighted by molar-refractivity contribution is -0.162. The average Bonchev–Trinajstić information content (AvgIpc) is 2.84. The first-order chi connectivity index (χ1) is 11.3. The van der Waals surface area contributed by atoms with E-state index in [1.54, 1.807) is 6.92 Å². The third kappa shape index (κ3) is 2.12. The monoisotopic (exact) mass is 332 g/mol. The summed E-state index contributed by atoms with van der Waals surface area (Å²) in [5, 5.41) is 10.1. The Hall–Kier alpha value is -0.700. The average molecular weight is 332 g/mol. The van der Waals surface area contributed by atoms with Crippen LogP contribution in [0.5, 0.6) is 0 Å². The fourth-order valence-corrected chi connectivity index (χ4v) is 7.72. The zero-order valence-corrected chi connectivity index (χ0v) is 15.4. The summed E-state index contributed by atoms with van der Waals surface area (Å²) in [4.78, 5) is 25.5. The number of carbonyl (C=O) groups excluding carboxylic acids is 2. The number of fused-ring (bicyclic) bond motifs is 5. The van der Waals surface area contributed by atoms with Gasteiger partial charge in [-0.15, -0.1) is 0 Å². The number of hydrogen-bond donors (Lipinski definition) is 1. The van der Waals surface area contributed by atoms with Crippen LogP contribution in [0.4, 0.5) is 0 Å². The van der Waals surface area contributed by atoms with Crippen LogP contribution in [-0.2, 0) is 9.59 Å². The highest BCUT2D eigenvalue weighted by atomic mass is 16.3. The molecule has 4 fully saturated rings. The van der Waals surface area contributed by atoms with Crippen molar-refractivity contribution in [2.75, 3.05) is 0 Å². The minimum Gasteiger partial charge on any atom is -0.393 e. The number of Topliss-reactive ketones (excluding diaryl/α,β-unsaturated/α-hetero) is 2. The smallest absolute Gasteiger partial charge is 0.137 e. The van der Waals surface area contributed by atoms with Crippen molar-refractivity contribution in [3.8, 4) is 0 Å². The lowest BCUT2D eigenvalue weighted by Gasteiger charge is -2.59. The topological polar surface area (TPSA) is 54.4 Å². The van der Waals surface area contributed by atoms with Gasteiger partial charge < -0.3 is 5.11 Å². The molecule has 0 aromatic carbocycles.